The van der Waals surface area contributed by atoms with Crippen molar-refractivity contribution in [2.75, 3.05) is 0 Å². The summed E-state index contributed by atoms with van der Waals surface area (Å²) in [5.41, 5.74) is 3.34. The number of furan rings is 1. The number of carbonyl (C=O) groups is 1. The number of nitrogens with zero attached hydrogens (tertiary/aromatic N) is 5. The maximum Gasteiger partial charge on any atom is 0.408 e. The molecule has 0 unspecified atom stereocenters. The molecule has 10 nitrogen and oxygen atoms in total. The molecule has 0 aliphatic rings. The van der Waals surface area contributed by atoms with E-state index in [2.05, 4.69) is 20.6 Å². The molecule has 11 heteroatoms. The van der Waals surface area contributed by atoms with Gasteiger partial charge in [-0.05, 0) is 36.1 Å². The Hall–Kier alpha value is -3.53. The zero-order valence-electron chi connectivity index (χ0n) is 14.0. The third-order valence-electron chi connectivity index (χ3n) is 3.53. The number of nitro groups is 1. The lowest BCUT2D eigenvalue weighted by Crippen LogP contribution is -2.17. The van der Waals surface area contributed by atoms with Crippen LogP contribution in [0.5, 0.6) is 0 Å². The van der Waals surface area contributed by atoms with Gasteiger partial charge in [-0.2, -0.15) is 9.78 Å². The molecule has 138 valence electrons. The molecule has 0 bridgehead atoms. The van der Waals surface area contributed by atoms with E-state index in [4.69, 9.17) is 16.0 Å². The molecule has 0 fully saturated rings. The predicted octanol–water partition coefficient (Wildman–Crippen LogP) is 2.55. The van der Waals surface area contributed by atoms with Crippen LogP contribution in [0.3, 0.4) is 0 Å². The molecule has 27 heavy (non-hydrogen) atoms. The zero-order valence-corrected chi connectivity index (χ0v) is 14.8. The van der Waals surface area contributed by atoms with E-state index in [1.807, 2.05) is 0 Å². The Morgan fingerprint density at radius 3 is 2.93 bits per heavy atom. The van der Waals surface area contributed by atoms with Crippen molar-refractivity contribution in [1.29, 1.82) is 0 Å². The van der Waals surface area contributed by atoms with Gasteiger partial charge in [0, 0.05) is 6.20 Å². The van der Waals surface area contributed by atoms with Crippen LogP contribution in [-0.4, -0.2) is 31.8 Å². The van der Waals surface area contributed by atoms with Gasteiger partial charge in [-0.25, -0.2) is 5.43 Å². The first kappa shape index (κ1) is 18.3. The van der Waals surface area contributed by atoms with Gasteiger partial charge in [0.15, 0.2) is 10.8 Å². The molecule has 0 atom stereocenters. The predicted molar refractivity (Wildman–Crippen MR) is 95.7 cm³/mol. The van der Waals surface area contributed by atoms with E-state index in [9.17, 15) is 14.9 Å². The van der Waals surface area contributed by atoms with Gasteiger partial charge in [0.1, 0.15) is 12.3 Å². The summed E-state index contributed by atoms with van der Waals surface area (Å²) in [5.74, 6) is -0.559. The molecule has 3 rings (SSSR count). The van der Waals surface area contributed by atoms with Crippen LogP contribution in [0.2, 0.25) is 5.02 Å². The molecule has 0 aromatic carbocycles. The van der Waals surface area contributed by atoms with E-state index in [0.29, 0.717) is 17.1 Å². The Morgan fingerprint density at radius 2 is 2.26 bits per heavy atom. The Labute approximate surface area is 157 Å². The largest absolute Gasteiger partial charge is 0.454 e. The molecule has 0 radical (unpaired) electrons. The summed E-state index contributed by atoms with van der Waals surface area (Å²) in [5, 5.41) is 18.5. The lowest BCUT2D eigenvalue weighted by Gasteiger charge is -1.98. The zero-order chi connectivity index (χ0) is 19.4. The molecule has 1 amide bonds. The Bertz CT molecular complexity index is 1010. The van der Waals surface area contributed by atoms with Gasteiger partial charge in [-0.1, -0.05) is 17.7 Å². The Kier molecular flexibility index (Phi) is 5.27. The highest BCUT2D eigenvalue weighted by molar-refractivity contribution is 6.33. The van der Waals surface area contributed by atoms with Crippen LogP contribution in [0.15, 0.2) is 46.0 Å². The quantitative estimate of drug-likeness (QED) is 0.392. The molecule has 3 aromatic rings. The van der Waals surface area contributed by atoms with Crippen LogP contribution < -0.4 is 5.43 Å². The summed E-state index contributed by atoms with van der Waals surface area (Å²) in [7, 11) is 0. The van der Waals surface area contributed by atoms with Gasteiger partial charge in [-0.3, -0.25) is 9.78 Å². The first-order valence-electron chi connectivity index (χ1n) is 7.66. The molecule has 0 aliphatic heterocycles. The minimum atomic E-state index is -0.660. The second-order valence-electron chi connectivity index (χ2n) is 5.36. The number of amides is 1. The normalized spacial score (nSPS) is 11.0. The highest BCUT2D eigenvalue weighted by Crippen LogP contribution is 2.27. The maximum absolute atomic E-state index is 12.0. The van der Waals surface area contributed by atoms with E-state index in [1.54, 1.807) is 37.4 Å². The molecular weight excluding hydrogens is 376 g/mol. The highest BCUT2D eigenvalue weighted by atomic mass is 35.5. The maximum atomic E-state index is 12.0. The second-order valence-corrected chi connectivity index (χ2v) is 5.74. The Morgan fingerprint density at radius 1 is 1.44 bits per heavy atom. The van der Waals surface area contributed by atoms with Crippen molar-refractivity contribution in [3.8, 4) is 0 Å². The lowest BCUT2D eigenvalue weighted by atomic mass is 10.4. The van der Waals surface area contributed by atoms with E-state index in [1.165, 1.54) is 17.0 Å². The number of hydrogen-bond acceptors (Lipinski definition) is 7. The second kappa shape index (κ2) is 7.79. The first-order valence-corrected chi connectivity index (χ1v) is 8.04. The number of hydrazone groups is 1. The van der Waals surface area contributed by atoms with Crippen molar-refractivity contribution in [2.45, 2.75) is 13.5 Å². The molecular formula is C16H13ClN6O4. The van der Waals surface area contributed by atoms with Crippen LogP contribution in [-0.2, 0) is 6.54 Å². The summed E-state index contributed by atoms with van der Waals surface area (Å²) in [4.78, 5) is 26.3. The van der Waals surface area contributed by atoms with Gasteiger partial charge in [0.25, 0.3) is 0 Å². The summed E-state index contributed by atoms with van der Waals surface area (Å²) in [6.07, 6.45) is 3.01. The number of hydrogen-bond donors (Lipinski definition) is 1. The van der Waals surface area contributed by atoms with Gasteiger partial charge in [0.05, 0.1) is 22.7 Å². The summed E-state index contributed by atoms with van der Waals surface area (Å²) < 4.78 is 6.77. The summed E-state index contributed by atoms with van der Waals surface area (Å²) in [6, 6.07) is 8.33. The number of pyridine rings is 1. The van der Waals surface area contributed by atoms with Crippen molar-refractivity contribution in [1.82, 2.24) is 20.2 Å². The minimum Gasteiger partial charge on any atom is -0.454 e. The number of nitrogens with one attached hydrogen (secondary N) is 1. The molecule has 3 aromatic heterocycles. The average molecular weight is 389 g/mol. The van der Waals surface area contributed by atoms with Crippen molar-refractivity contribution >= 4 is 29.5 Å². The monoisotopic (exact) mass is 388 g/mol. The Balaban J connectivity index is 1.66. The molecule has 3 heterocycles. The van der Waals surface area contributed by atoms with Crippen molar-refractivity contribution in [3.63, 3.8) is 0 Å². The fraction of sp³-hybridized carbons (Fsp3) is 0.125. The topological polar surface area (TPSA) is 128 Å². The molecule has 1 N–H and O–H groups in total. The van der Waals surface area contributed by atoms with E-state index in [0.717, 1.165) is 0 Å². The van der Waals surface area contributed by atoms with Crippen LogP contribution in [0.25, 0.3) is 0 Å². The molecule has 0 spiro atoms. The molecule has 0 saturated heterocycles. The van der Waals surface area contributed by atoms with Crippen molar-refractivity contribution in [3.05, 3.63) is 74.6 Å². The number of halogens is 1. The van der Waals surface area contributed by atoms with Gasteiger partial charge in [0.2, 0.25) is 0 Å². The van der Waals surface area contributed by atoms with E-state index >= 15 is 0 Å². The summed E-state index contributed by atoms with van der Waals surface area (Å²) >= 11 is 5.90. The fourth-order valence-corrected chi connectivity index (χ4v) is 2.38. The SMILES string of the molecule is Cc1c(Cl)c([N+](=O)[O-])nn1Cc1ccc(C(=O)N/N=C/c2ccccn2)o1. The first-order chi connectivity index (χ1) is 13.0. The van der Waals surface area contributed by atoms with Gasteiger partial charge < -0.3 is 14.5 Å². The van der Waals surface area contributed by atoms with Crippen LogP contribution in [0.1, 0.15) is 27.7 Å². The molecule has 0 aliphatic carbocycles. The lowest BCUT2D eigenvalue weighted by molar-refractivity contribution is -0.389. The standard InChI is InChI=1S/C16H13ClN6O4/c1-10-14(17)15(23(25)26)21-22(10)9-12-5-6-13(27-12)16(24)20-19-8-11-4-2-3-7-18-11/h2-8H,9H2,1H3,(H,20,24)/b19-8+. The van der Waals surface area contributed by atoms with Crippen LogP contribution >= 0.6 is 11.6 Å². The van der Waals surface area contributed by atoms with E-state index in [-0.39, 0.29) is 17.3 Å². The number of aromatic nitrogens is 3. The summed E-state index contributed by atoms with van der Waals surface area (Å²) in [6.45, 7) is 1.69. The van der Waals surface area contributed by atoms with Crippen molar-refractivity contribution < 1.29 is 14.1 Å². The number of rotatable bonds is 6. The fourth-order valence-electron chi connectivity index (χ4n) is 2.18. The van der Waals surface area contributed by atoms with Crippen LogP contribution in [0, 0.1) is 17.0 Å². The highest BCUT2D eigenvalue weighted by Gasteiger charge is 2.24. The third kappa shape index (κ3) is 4.18. The third-order valence-corrected chi connectivity index (χ3v) is 3.97. The minimum absolute atomic E-state index is 0.0339. The van der Waals surface area contributed by atoms with Gasteiger partial charge >= 0.3 is 11.7 Å². The average Bonchev–Trinajstić information content (AvgIpc) is 3.23. The van der Waals surface area contributed by atoms with Crippen LogP contribution in [0.4, 0.5) is 5.82 Å². The van der Waals surface area contributed by atoms with Crippen molar-refractivity contribution in [2.24, 2.45) is 5.10 Å². The van der Waals surface area contributed by atoms with Gasteiger partial charge in [-0.15, -0.1) is 0 Å². The smallest absolute Gasteiger partial charge is 0.408 e. The number of carbonyl (C=O) groups excluding carboxylic acids is 1. The van der Waals surface area contributed by atoms with E-state index < -0.39 is 16.6 Å². The molecule has 0 saturated carbocycles.